The third-order valence-corrected chi connectivity index (χ3v) is 3.18. The molecule has 12 heavy (non-hydrogen) atoms. The fourth-order valence-corrected chi connectivity index (χ4v) is 2.29. The predicted molar refractivity (Wildman–Crippen MR) is 54.1 cm³/mol. The Kier molecular flexibility index (Phi) is 3.57. The Morgan fingerprint density at radius 3 is 2.75 bits per heavy atom. The molecule has 0 bridgehead atoms. The molecule has 0 aromatic heterocycles. The highest BCUT2D eigenvalue weighted by molar-refractivity contribution is 4.83. The van der Waals surface area contributed by atoms with Gasteiger partial charge in [-0.3, -0.25) is 0 Å². The van der Waals surface area contributed by atoms with E-state index >= 15 is 0 Å². The van der Waals surface area contributed by atoms with Crippen LogP contribution in [0.5, 0.6) is 0 Å². The first-order chi connectivity index (χ1) is 5.64. The molecule has 0 spiro atoms. The lowest BCUT2D eigenvalue weighted by atomic mass is 9.92. The van der Waals surface area contributed by atoms with Crippen LogP contribution in [-0.2, 0) is 0 Å². The molecule has 2 unspecified atom stereocenters. The molecule has 0 aromatic carbocycles. The van der Waals surface area contributed by atoms with Crippen LogP contribution >= 0.6 is 0 Å². The molecule has 0 aliphatic heterocycles. The van der Waals surface area contributed by atoms with Crippen molar-refractivity contribution in [2.75, 3.05) is 0 Å². The van der Waals surface area contributed by atoms with Gasteiger partial charge >= 0.3 is 0 Å². The normalized spacial score (nSPS) is 37.8. The molecule has 2 N–H and O–H groups in total. The molecule has 2 atom stereocenters. The van der Waals surface area contributed by atoms with E-state index in [1.807, 2.05) is 0 Å². The van der Waals surface area contributed by atoms with E-state index < -0.39 is 0 Å². The van der Waals surface area contributed by atoms with Crippen LogP contribution < -0.4 is 5.73 Å². The summed E-state index contributed by atoms with van der Waals surface area (Å²) in [4.78, 5) is 0. The molecule has 0 heterocycles. The minimum atomic E-state index is 0.141. The topological polar surface area (TPSA) is 26.0 Å². The Morgan fingerprint density at radius 2 is 2.08 bits per heavy atom. The molecule has 0 radical (unpaired) electrons. The van der Waals surface area contributed by atoms with Crippen LogP contribution in [0.4, 0.5) is 0 Å². The number of nitrogens with two attached hydrogens (primary N) is 1. The number of hydrogen-bond donors (Lipinski definition) is 1. The van der Waals surface area contributed by atoms with Crippen molar-refractivity contribution in [2.24, 2.45) is 11.7 Å². The van der Waals surface area contributed by atoms with Crippen LogP contribution in [0.3, 0.4) is 0 Å². The monoisotopic (exact) mass is 169 g/mol. The van der Waals surface area contributed by atoms with E-state index in [1.54, 1.807) is 0 Å². The molecule has 0 aromatic rings. The van der Waals surface area contributed by atoms with Crippen LogP contribution in [0.1, 0.15) is 58.8 Å². The average Bonchev–Trinajstić information content (AvgIpc) is 2.14. The summed E-state index contributed by atoms with van der Waals surface area (Å²) < 4.78 is 0. The Hall–Kier alpha value is -0.0400. The average molecular weight is 169 g/mol. The minimum Gasteiger partial charge on any atom is -0.325 e. The van der Waals surface area contributed by atoms with E-state index in [1.165, 1.54) is 44.9 Å². The van der Waals surface area contributed by atoms with E-state index in [-0.39, 0.29) is 5.54 Å². The summed E-state index contributed by atoms with van der Waals surface area (Å²) in [6, 6.07) is 0. The van der Waals surface area contributed by atoms with Crippen LogP contribution in [0.2, 0.25) is 0 Å². The Bertz CT molecular complexity index is 129. The maximum Gasteiger partial charge on any atom is 0.0126 e. The molecule has 1 aliphatic rings. The van der Waals surface area contributed by atoms with Gasteiger partial charge in [-0.15, -0.1) is 0 Å². The van der Waals surface area contributed by atoms with Gasteiger partial charge in [0.2, 0.25) is 0 Å². The van der Waals surface area contributed by atoms with E-state index in [2.05, 4.69) is 13.8 Å². The van der Waals surface area contributed by atoms with Crippen molar-refractivity contribution < 1.29 is 0 Å². The second-order valence-corrected chi connectivity index (χ2v) is 4.74. The van der Waals surface area contributed by atoms with Gasteiger partial charge < -0.3 is 5.73 Å². The van der Waals surface area contributed by atoms with Crippen molar-refractivity contribution in [3.8, 4) is 0 Å². The quantitative estimate of drug-likeness (QED) is 0.632. The molecule has 1 saturated carbocycles. The van der Waals surface area contributed by atoms with Crippen LogP contribution in [0, 0.1) is 5.92 Å². The summed E-state index contributed by atoms with van der Waals surface area (Å²) in [5, 5.41) is 0. The summed E-state index contributed by atoms with van der Waals surface area (Å²) in [6.45, 7) is 4.49. The van der Waals surface area contributed by atoms with Crippen molar-refractivity contribution in [2.45, 2.75) is 64.3 Å². The molecule has 1 fully saturated rings. The first-order valence-corrected chi connectivity index (χ1v) is 5.43. The van der Waals surface area contributed by atoms with E-state index in [0.717, 1.165) is 5.92 Å². The van der Waals surface area contributed by atoms with Crippen molar-refractivity contribution in [3.63, 3.8) is 0 Å². The molecular weight excluding hydrogens is 146 g/mol. The molecule has 72 valence electrons. The van der Waals surface area contributed by atoms with Gasteiger partial charge in [0.15, 0.2) is 0 Å². The summed E-state index contributed by atoms with van der Waals surface area (Å²) in [5.74, 6) is 0.973. The Labute approximate surface area is 76.7 Å². The van der Waals surface area contributed by atoms with Gasteiger partial charge in [0.25, 0.3) is 0 Å². The maximum atomic E-state index is 6.14. The zero-order valence-corrected chi connectivity index (χ0v) is 8.60. The van der Waals surface area contributed by atoms with Gasteiger partial charge in [0.05, 0.1) is 0 Å². The maximum absolute atomic E-state index is 6.14. The smallest absolute Gasteiger partial charge is 0.0126 e. The first kappa shape index (κ1) is 10.0. The molecule has 1 nitrogen and oxygen atoms in total. The Morgan fingerprint density at radius 1 is 1.33 bits per heavy atom. The lowest BCUT2D eigenvalue weighted by Crippen LogP contribution is -2.35. The SMILES string of the molecule is CCCC1CCCC(C)(N)CC1. The van der Waals surface area contributed by atoms with Gasteiger partial charge in [-0.05, 0) is 32.1 Å². The molecule has 0 saturated heterocycles. The van der Waals surface area contributed by atoms with E-state index in [0.29, 0.717) is 0 Å². The van der Waals surface area contributed by atoms with Crippen LogP contribution in [0.25, 0.3) is 0 Å². The second-order valence-electron chi connectivity index (χ2n) is 4.74. The van der Waals surface area contributed by atoms with Gasteiger partial charge in [-0.25, -0.2) is 0 Å². The van der Waals surface area contributed by atoms with Crippen molar-refractivity contribution in [1.29, 1.82) is 0 Å². The largest absolute Gasteiger partial charge is 0.325 e. The first-order valence-electron chi connectivity index (χ1n) is 5.43. The van der Waals surface area contributed by atoms with Crippen molar-refractivity contribution in [3.05, 3.63) is 0 Å². The summed E-state index contributed by atoms with van der Waals surface area (Å²) >= 11 is 0. The second kappa shape index (κ2) is 4.27. The minimum absolute atomic E-state index is 0.141. The van der Waals surface area contributed by atoms with Crippen LogP contribution in [0.15, 0.2) is 0 Å². The highest BCUT2D eigenvalue weighted by Crippen LogP contribution is 2.30. The Balaban J connectivity index is 2.34. The number of hydrogen-bond acceptors (Lipinski definition) is 1. The third kappa shape index (κ3) is 3.14. The summed E-state index contributed by atoms with van der Waals surface area (Å²) in [6.07, 6.45) is 9.34. The molecule has 1 aliphatic carbocycles. The van der Waals surface area contributed by atoms with E-state index in [4.69, 9.17) is 5.73 Å². The number of rotatable bonds is 2. The van der Waals surface area contributed by atoms with Gasteiger partial charge in [0.1, 0.15) is 0 Å². The van der Waals surface area contributed by atoms with E-state index in [9.17, 15) is 0 Å². The fraction of sp³-hybridized carbons (Fsp3) is 1.00. The third-order valence-electron chi connectivity index (χ3n) is 3.18. The fourth-order valence-electron chi connectivity index (χ4n) is 2.29. The highest BCUT2D eigenvalue weighted by atomic mass is 14.7. The van der Waals surface area contributed by atoms with Crippen LogP contribution in [-0.4, -0.2) is 5.54 Å². The zero-order chi connectivity index (χ0) is 9.03. The zero-order valence-electron chi connectivity index (χ0n) is 8.60. The lowest BCUT2D eigenvalue weighted by Gasteiger charge is -2.21. The van der Waals surface area contributed by atoms with Gasteiger partial charge in [-0.2, -0.15) is 0 Å². The predicted octanol–water partition coefficient (Wildman–Crippen LogP) is 3.08. The molecule has 1 rings (SSSR count). The van der Waals surface area contributed by atoms with Crippen molar-refractivity contribution in [1.82, 2.24) is 0 Å². The standard InChI is InChI=1S/C11H23N/c1-3-5-10-6-4-8-11(2,12)9-7-10/h10H,3-9,12H2,1-2H3. The van der Waals surface area contributed by atoms with Crippen molar-refractivity contribution >= 4 is 0 Å². The summed E-state index contributed by atoms with van der Waals surface area (Å²) in [7, 11) is 0. The molecule has 0 amide bonds. The lowest BCUT2D eigenvalue weighted by molar-refractivity contribution is 0.384. The summed E-state index contributed by atoms with van der Waals surface area (Å²) in [5.41, 5.74) is 6.28. The highest BCUT2D eigenvalue weighted by Gasteiger charge is 2.23. The molecular formula is C11H23N. The molecule has 1 heteroatoms. The van der Waals surface area contributed by atoms with Gasteiger partial charge in [0, 0.05) is 5.54 Å². The van der Waals surface area contributed by atoms with Gasteiger partial charge in [-0.1, -0.05) is 32.6 Å².